The molecule has 1 aliphatic rings. The molecule has 3 aromatic rings. The molecule has 0 nitrogen and oxygen atoms in total. The smallest absolute Gasteiger partial charge is 1.00 e. The van der Waals surface area contributed by atoms with Gasteiger partial charge in [0.1, 0.15) is 0 Å². The van der Waals surface area contributed by atoms with E-state index in [2.05, 4.69) is 226 Å². The molecule has 0 radical (unpaired) electrons. The second-order valence-corrected chi connectivity index (χ2v) is 61.2. The van der Waals surface area contributed by atoms with Gasteiger partial charge in [0.05, 0.1) is 0 Å². The fraction of sp³-hybridized carbons (Fsp3) is 0.569. The van der Waals surface area contributed by atoms with Gasteiger partial charge in [-0.15, -0.1) is 0 Å². The molecule has 0 N–H and O–H groups in total. The van der Waals surface area contributed by atoms with Crippen LogP contribution < -0.4 is 83.9 Å². The van der Waals surface area contributed by atoms with Crippen LogP contribution in [0, 0.1) is 41.5 Å². The van der Waals surface area contributed by atoms with E-state index in [1.54, 1.807) is 75.6 Å². The number of aryl methyl sites for hydroxylation is 3. The van der Waals surface area contributed by atoms with Gasteiger partial charge in [-0.05, 0) is 0 Å². The Hall–Kier alpha value is 0.242. The van der Waals surface area contributed by atoms with Crippen molar-refractivity contribution in [3.05, 3.63) is 73.9 Å². The molecule has 0 amide bonds. The zero-order valence-corrected chi connectivity index (χ0v) is 55.7. The van der Waals surface area contributed by atoms with Crippen molar-refractivity contribution in [1.29, 1.82) is 0 Å². The van der Waals surface area contributed by atoms with Gasteiger partial charge >= 0.3 is 388 Å². The van der Waals surface area contributed by atoms with E-state index in [0.717, 1.165) is 0 Å². The number of allylic oxidation sites excluding steroid dienone is 4. The maximum Gasteiger partial charge on any atom is -1.00 e. The first-order valence-corrected chi connectivity index (χ1v) is 46.5. The zero-order valence-electron chi connectivity index (χ0n) is 44.9. The molecule has 0 heterocycles. The summed E-state index contributed by atoms with van der Waals surface area (Å²) in [5, 5.41) is 15.9. The first-order chi connectivity index (χ1) is 26.1. The zero-order chi connectivity index (χ0) is 46.1. The van der Waals surface area contributed by atoms with Crippen molar-refractivity contribution in [1.82, 2.24) is 0 Å². The van der Waals surface area contributed by atoms with Crippen molar-refractivity contribution in [2.75, 3.05) is 0 Å². The summed E-state index contributed by atoms with van der Waals surface area (Å²) < 4.78 is -0.175. The maximum atomic E-state index is 2.81. The maximum absolute atomic E-state index is 3.23. The Kier molecular flexibility index (Phi) is 18.4. The average Bonchev–Trinajstić information content (AvgIpc) is 3.17. The molecule has 0 bridgehead atoms. The minimum Gasteiger partial charge on any atom is -1.00 e. The van der Waals surface area contributed by atoms with Crippen LogP contribution in [0.25, 0.3) is 0 Å². The Bertz CT molecular complexity index is 2060. The molecule has 0 fully saturated rings. The summed E-state index contributed by atoms with van der Waals surface area (Å²) in [4.78, 5) is 0. The van der Waals surface area contributed by atoms with Gasteiger partial charge in [0.2, 0.25) is 0 Å². The van der Waals surface area contributed by atoms with E-state index < -0.39 is 56.5 Å². The molecule has 3 aromatic carbocycles. The van der Waals surface area contributed by atoms with Crippen LogP contribution in [-0.2, 0) is 20.4 Å². The number of benzene rings is 3. The van der Waals surface area contributed by atoms with Crippen molar-refractivity contribution in [2.24, 2.45) is 0 Å². The van der Waals surface area contributed by atoms with Gasteiger partial charge in [0.25, 0.3) is 0 Å². The molecule has 0 unspecified atom stereocenters. The quantitative estimate of drug-likeness (QED) is 0.212. The van der Waals surface area contributed by atoms with Crippen molar-refractivity contribution in [3.63, 3.8) is 0 Å². The van der Waals surface area contributed by atoms with Crippen molar-refractivity contribution in [3.8, 4) is 0 Å². The Morgan fingerprint density at radius 1 is 0.323 bits per heavy atom. The van der Waals surface area contributed by atoms with Gasteiger partial charge in [0.15, 0.2) is 0 Å². The van der Waals surface area contributed by atoms with Crippen LogP contribution in [0.2, 0.25) is 121 Å². The molecular formula is C51H87Cl3Si7Ti. The molecule has 0 spiro atoms. The third-order valence-electron chi connectivity index (χ3n) is 14.5. The van der Waals surface area contributed by atoms with E-state index in [1.165, 1.54) is 11.1 Å². The van der Waals surface area contributed by atoms with Crippen LogP contribution in [0.3, 0.4) is 0 Å². The molecule has 0 saturated carbocycles. The molecule has 0 aromatic heterocycles. The number of hydrogen-bond acceptors (Lipinski definition) is 0. The van der Waals surface area contributed by atoms with Crippen LogP contribution in [0.15, 0.2) is 40.5 Å². The van der Waals surface area contributed by atoms with Crippen LogP contribution in [-0.4, -0.2) is 56.5 Å². The molecule has 1 aliphatic carbocycles. The normalized spacial score (nSPS) is 15.5. The summed E-state index contributed by atoms with van der Waals surface area (Å²) in [6.45, 7) is 73.3. The molecule has 0 atom stereocenters. The SMILES string of the molecule is CC1=C(C)[C]([Ti+3])([Si](c2c(C)cc([Si](C)(C)C)c(C)c2[Si](C)(C)C)(c2c(C)cc([Si](C)(C)C)c(C)c2[Si](C)(C)C)c2c(C)cc([Si](C)(C)C)c(C)c2[Si](C)(C)C)C(C)=C1C.[Cl-].[Cl-].[Cl-]. The molecule has 0 aliphatic heterocycles. The largest absolute Gasteiger partial charge is 1.00 e. The van der Waals surface area contributed by atoms with Crippen LogP contribution in [0.5, 0.6) is 0 Å². The molecule has 0 saturated heterocycles. The number of hydrogen-bond donors (Lipinski definition) is 0. The number of halogens is 3. The predicted octanol–water partition coefficient (Wildman–Crippen LogP) is 1.22. The second kappa shape index (κ2) is 19.0. The van der Waals surface area contributed by atoms with Crippen LogP contribution in [0.1, 0.15) is 61.1 Å². The standard InChI is InChI=1S/C51H87Si7.3ClH.Ti/c1-32-29-42(52(11,12)13)39(8)49(55(20,21)22)45(32)58(48-37(6)35(4)36(5)38(48)7,46-33(2)30-43(53(14,15)16)40(9)50(46)56(23,24)25)47-34(3)31-44(54(17,18)19)41(10)51(47)57(26,27)28;;;;/h29-31H,1-28H3;3*1H;/q;;;;+3/p-3. The monoisotopic (exact) mass is 1050 g/mol. The number of rotatable bonds is 10. The van der Waals surface area contributed by atoms with Crippen LogP contribution >= 0.6 is 0 Å². The topological polar surface area (TPSA) is 0 Å². The third kappa shape index (κ3) is 9.75. The average molecular weight is 1050 g/mol. The van der Waals surface area contributed by atoms with Gasteiger partial charge in [-0.3, -0.25) is 0 Å². The van der Waals surface area contributed by atoms with Crippen molar-refractivity contribution in [2.45, 2.75) is 190 Å². The van der Waals surface area contributed by atoms with Gasteiger partial charge < -0.3 is 37.2 Å². The summed E-state index contributed by atoms with van der Waals surface area (Å²) >= 11 is 2.81. The minimum atomic E-state index is -3.23. The fourth-order valence-electron chi connectivity index (χ4n) is 12.3. The van der Waals surface area contributed by atoms with E-state index in [9.17, 15) is 0 Å². The molecule has 11 heteroatoms. The third-order valence-corrected chi connectivity index (χ3v) is 37.0. The molecule has 344 valence electrons. The van der Waals surface area contributed by atoms with Crippen LogP contribution in [0.4, 0.5) is 0 Å². The Morgan fingerprint density at radius 3 is 0.677 bits per heavy atom. The summed E-state index contributed by atoms with van der Waals surface area (Å²) in [6, 6.07) is 8.33. The van der Waals surface area contributed by atoms with Gasteiger partial charge in [-0.2, -0.15) is 0 Å². The summed E-state index contributed by atoms with van der Waals surface area (Å²) in [5.74, 6) is 0. The Morgan fingerprint density at radius 2 is 0.516 bits per heavy atom. The van der Waals surface area contributed by atoms with E-state index in [4.69, 9.17) is 0 Å². The summed E-state index contributed by atoms with van der Waals surface area (Å²) in [6.07, 6.45) is 0. The summed E-state index contributed by atoms with van der Waals surface area (Å²) in [7, 11) is -14.3. The van der Waals surface area contributed by atoms with E-state index >= 15 is 0 Å². The van der Waals surface area contributed by atoms with Gasteiger partial charge in [-0.25, -0.2) is 0 Å². The Labute approximate surface area is 421 Å². The molecule has 4 rings (SSSR count). The minimum absolute atomic E-state index is 0. The van der Waals surface area contributed by atoms with Crippen molar-refractivity contribution >= 4 is 103 Å². The first-order valence-electron chi connectivity index (χ1n) is 22.7. The van der Waals surface area contributed by atoms with Gasteiger partial charge in [-0.1, -0.05) is 0 Å². The molecule has 62 heavy (non-hydrogen) atoms. The van der Waals surface area contributed by atoms with Gasteiger partial charge in [0, 0.05) is 0 Å². The van der Waals surface area contributed by atoms with Crippen molar-refractivity contribution < 1.29 is 57.7 Å². The summed E-state index contributed by atoms with van der Waals surface area (Å²) in [5.41, 5.74) is 16.0. The van der Waals surface area contributed by atoms with E-state index in [0.29, 0.717) is 0 Å². The predicted molar refractivity (Wildman–Crippen MR) is 290 cm³/mol. The second-order valence-electron chi connectivity index (χ2n) is 25.3. The first kappa shape index (κ1) is 60.3. The van der Waals surface area contributed by atoms with E-state index in [1.807, 2.05) is 15.6 Å². The Balaban J connectivity index is 0.00000641. The fourth-order valence-corrected chi connectivity index (χ4v) is 39.4. The molecular weight excluding hydrogens is 963 g/mol. The van der Waals surface area contributed by atoms with E-state index in [-0.39, 0.29) is 40.6 Å².